The molecule has 0 aliphatic carbocycles. The molecule has 0 saturated carbocycles. The molecule has 0 fully saturated rings. The topological polar surface area (TPSA) is 80.2 Å². The molecule has 1 N–H and O–H groups in total. The molecule has 0 unspecified atom stereocenters. The van der Waals surface area contributed by atoms with Gasteiger partial charge in [0.15, 0.2) is 0 Å². The third-order valence-corrected chi connectivity index (χ3v) is 4.08. The van der Waals surface area contributed by atoms with Crippen LogP contribution in [0.4, 0.5) is 11.6 Å². The van der Waals surface area contributed by atoms with E-state index in [-0.39, 0.29) is 5.91 Å². The number of nitrogens with zero attached hydrogens (tertiary/aromatic N) is 4. The van der Waals surface area contributed by atoms with Gasteiger partial charge in [-0.1, -0.05) is 12.1 Å². The van der Waals surface area contributed by atoms with Crippen molar-refractivity contribution in [2.45, 2.75) is 6.42 Å². The van der Waals surface area contributed by atoms with Gasteiger partial charge in [-0.3, -0.25) is 9.78 Å². The van der Waals surface area contributed by atoms with Gasteiger partial charge in [0, 0.05) is 38.4 Å². The number of ether oxygens (including phenoxy) is 1. The van der Waals surface area contributed by atoms with Crippen molar-refractivity contribution in [1.82, 2.24) is 15.0 Å². The van der Waals surface area contributed by atoms with Crippen molar-refractivity contribution in [1.29, 1.82) is 0 Å². The van der Waals surface area contributed by atoms with Gasteiger partial charge in [0.2, 0.25) is 5.95 Å². The highest BCUT2D eigenvalue weighted by atomic mass is 16.5. The van der Waals surface area contributed by atoms with Crippen LogP contribution >= 0.6 is 0 Å². The molecule has 0 aliphatic heterocycles. The van der Waals surface area contributed by atoms with Crippen LogP contribution in [-0.4, -0.2) is 41.6 Å². The molecule has 0 saturated heterocycles. The van der Waals surface area contributed by atoms with Gasteiger partial charge in [-0.2, -0.15) is 0 Å². The standard InChI is InChI=1S/C20H21N5O2/c1-25(12-9-15-7-10-21-11-8-15)20-22-13-16(14-23-20)19(26)24-17-5-3-4-6-18(17)27-2/h3-8,10-11,13-14H,9,12H2,1-2H3,(H,24,26). The highest BCUT2D eigenvalue weighted by Crippen LogP contribution is 2.23. The molecule has 0 aliphatic rings. The van der Waals surface area contributed by atoms with Gasteiger partial charge in [0.1, 0.15) is 5.75 Å². The molecule has 0 atom stereocenters. The second-order valence-electron chi connectivity index (χ2n) is 5.95. The smallest absolute Gasteiger partial charge is 0.258 e. The second kappa shape index (κ2) is 8.75. The lowest BCUT2D eigenvalue weighted by Crippen LogP contribution is -2.23. The summed E-state index contributed by atoms with van der Waals surface area (Å²) in [5.74, 6) is 0.877. The number of carbonyl (C=O) groups is 1. The van der Waals surface area contributed by atoms with Crippen LogP contribution in [0.15, 0.2) is 61.2 Å². The number of anilines is 2. The van der Waals surface area contributed by atoms with Crippen LogP contribution in [0.2, 0.25) is 0 Å². The number of para-hydroxylation sites is 2. The van der Waals surface area contributed by atoms with Gasteiger partial charge >= 0.3 is 0 Å². The zero-order chi connectivity index (χ0) is 19.1. The summed E-state index contributed by atoms with van der Waals surface area (Å²) in [7, 11) is 3.48. The Bertz CT molecular complexity index is 884. The number of hydrogen-bond donors (Lipinski definition) is 1. The van der Waals surface area contributed by atoms with E-state index >= 15 is 0 Å². The predicted octanol–water partition coefficient (Wildman–Crippen LogP) is 2.81. The van der Waals surface area contributed by atoms with Gasteiger partial charge in [-0.25, -0.2) is 9.97 Å². The number of likely N-dealkylation sites (N-methyl/N-ethyl adjacent to an activating group) is 1. The van der Waals surface area contributed by atoms with Crippen molar-refractivity contribution in [2.24, 2.45) is 0 Å². The molecule has 1 aromatic carbocycles. The van der Waals surface area contributed by atoms with E-state index in [9.17, 15) is 4.79 Å². The molecule has 7 nitrogen and oxygen atoms in total. The molecule has 7 heteroatoms. The second-order valence-corrected chi connectivity index (χ2v) is 5.95. The monoisotopic (exact) mass is 363 g/mol. The molecule has 1 amide bonds. The third-order valence-electron chi connectivity index (χ3n) is 4.08. The van der Waals surface area contributed by atoms with Crippen LogP contribution in [0.3, 0.4) is 0 Å². The third kappa shape index (κ3) is 4.78. The van der Waals surface area contributed by atoms with Crippen molar-refractivity contribution in [3.63, 3.8) is 0 Å². The number of benzene rings is 1. The average Bonchev–Trinajstić information content (AvgIpc) is 2.73. The van der Waals surface area contributed by atoms with E-state index in [4.69, 9.17) is 4.74 Å². The SMILES string of the molecule is COc1ccccc1NC(=O)c1cnc(N(C)CCc2ccncc2)nc1. The Morgan fingerprint density at radius 3 is 2.52 bits per heavy atom. The maximum Gasteiger partial charge on any atom is 0.258 e. The van der Waals surface area contributed by atoms with Crippen LogP contribution in [0.1, 0.15) is 15.9 Å². The van der Waals surface area contributed by atoms with E-state index in [1.54, 1.807) is 31.6 Å². The largest absolute Gasteiger partial charge is 0.495 e. The minimum Gasteiger partial charge on any atom is -0.495 e. The van der Waals surface area contributed by atoms with E-state index in [1.807, 2.05) is 36.2 Å². The number of nitrogens with one attached hydrogen (secondary N) is 1. The first kappa shape index (κ1) is 18.3. The summed E-state index contributed by atoms with van der Waals surface area (Å²) in [5.41, 5.74) is 2.18. The quantitative estimate of drug-likeness (QED) is 0.695. The zero-order valence-corrected chi connectivity index (χ0v) is 15.3. The van der Waals surface area contributed by atoms with Crippen LogP contribution < -0.4 is 15.0 Å². The number of methoxy groups -OCH3 is 1. The van der Waals surface area contributed by atoms with Gasteiger partial charge < -0.3 is 15.0 Å². The van der Waals surface area contributed by atoms with E-state index in [2.05, 4.69) is 20.3 Å². The summed E-state index contributed by atoms with van der Waals surface area (Å²) in [6.07, 6.45) is 7.46. The van der Waals surface area contributed by atoms with E-state index < -0.39 is 0 Å². The maximum absolute atomic E-state index is 12.4. The van der Waals surface area contributed by atoms with Crippen molar-refractivity contribution in [3.8, 4) is 5.75 Å². The number of carbonyl (C=O) groups excluding carboxylic acids is 1. The maximum atomic E-state index is 12.4. The number of pyridine rings is 1. The van der Waals surface area contributed by atoms with Crippen LogP contribution in [-0.2, 0) is 6.42 Å². The molecule has 138 valence electrons. The Labute approximate surface area is 158 Å². The lowest BCUT2D eigenvalue weighted by atomic mass is 10.2. The van der Waals surface area contributed by atoms with E-state index in [0.29, 0.717) is 22.9 Å². The van der Waals surface area contributed by atoms with E-state index in [1.165, 1.54) is 18.0 Å². The highest BCUT2D eigenvalue weighted by molar-refractivity contribution is 6.04. The molecule has 0 spiro atoms. The summed E-state index contributed by atoms with van der Waals surface area (Å²) in [5, 5.41) is 2.81. The summed E-state index contributed by atoms with van der Waals surface area (Å²) in [4.78, 5) is 27.0. The number of rotatable bonds is 7. The van der Waals surface area contributed by atoms with Crippen LogP contribution in [0.25, 0.3) is 0 Å². The molecular weight excluding hydrogens is 342 g/mol. The Morgan fingerprint density at radius 1 is 1.11 bits per heavy atom. The predicted molar refractivity (Wildman–Crippen MR) is 104 cm³/mol. The first-order valence-corrected chi connectivity index (χ1v) is 8.54. The highest BCUT2D eigenvalue weighted by Gasteiger charge is 2.12. The van der Waals surface area contributed by atoms with Crippen molar-refractivity contribution < 1.29 is 9.53 Å². The normalized spacial score (nSPS) is 10.3. The molecule has 0 bridgehead atoms. The summed E-state index contributed by atoms with van der Waals surface area (Å²) in [6, 6.07) is 11.2. The van der Waals surface area contributed by atoms with Gasteiger partial charge in [0.05, 0.1) is 18.4 Å². The van der Waals surface area contributed by atoms with Gasteiger partial charge in [-0.05, 0) is 36.2 Å². The molecule has 2 heterocycles. The summed E-state index contributed by atoms with van der Waals surface area (Å²) < 4.78 is 5.24. The Morgan fingerprint density at radius 2 is 1.81 bits per heavy atom. The van der Waals surface area contributed by atoms with Gasteiger partial charge in [-0.15, -0.1) is 0 Å². The lowest BCUT2D eigenvalue weighted by molar-refractivity contribution is 0.102. The zero-order valence-electron chi connectivity index (χ0n) is 15.3. The minimum absolute atomic E-state index is 0.287. The fraction of sp³-hybridized carbons (Fsp3) is 0.200. The van der Waals surface area contributed by atoms with E-state index in [0.717, 1.165) is 13.0 Å². The van der Waals surface area contributed by atoms with Crippen molar-refractivity contribution in [3.05, 3.63) is 72.3 Å². The number of hydrogen-bond acceptors (Lipinski definition) is 6. The van der Waals surface area contributed by atoms with Crippen molar-refractivity contribution in [2.75, 3.05) is 30.9 Å². The Hall–Kier alpha value is -3.48. The van der Waals surface area contributed by atoms with Gasteiger partial charge in [0.25, 0.3) is 5.91 Å². The van der Waals surface area contributed by atoms with Crippen LogP contribution in [0, 0.1) is 0 Å². The Balaban J connectivity index is 1.61. The fourth-order valence-electron chi connectivity index (χ4n) is 2.52. The fourth-order valence-corrected chi connectivity index (χ4v) is 2.52. The molecule has 2 aromatic heterocycles. The molecular formula is C20H21N5O2. The summed E-state index contributed by atoms with van der Waals surface area (Å²) >= 11 is 0. The first-order valence-electron chi connectivity index (χ1n) is 8.54. The number of amides is 1. The minimum atomic E-state index is -0.287. The van der Waals surface area contributed by atoms with Crippen LogP contribution in [0.5, 0.6) is 5.75 Å². The molecule has 0 radical (unpaired) electrons. The lowest BCUT2D eigenvalue weighted by Gasteiger charge is -2.17. The molecule has 3 rings (SSSR count). The molecule has 27 heavy (non-hydrogen) atoms. The first-order chi connectivity index (χ1) is 13.2. The number of aromatic nitrogens is 3. The van der Waals surface area contributed by atoms with Crippen molar-refractivity contribution >= 4 is 17.5 Å². The summed E-state index contributed by atoms with van der Waals surface area (Å²) in [6.45, 7) is 0.761. The molecule has 3 aromatic rings. The Kier molecular flexibility index (Phi) is 5.94. The average molecular weight is 363 g/mol.